The minimum Gasteiger partial charge on any atom is -0.475 e. The summed E-state index contributed by atoms with van der Waals surface area (Å²) in [5, 5.41) is 13.9. The van der Waals surface area contributed by atoms with Gasteiger partial charge in [-0.05, 0) is 23.8 Å². The summed E-state index contributed by atoms with van der Waals surface area (Å²) < 4.78 is 12.3. The molecule has 4 aromatic rings. The summed E-state index contributed by atoms with van der Waals surface area (Å²) >= 11 is 1.39. The zero-order valence-electron chi connectivity index (χ0n) is 19.4. The molecule has 3 aromatic carbocycles. The van der Waals surface area contributed by atoms with Gasteiger partial charge in [-0.25, -0.2) is 4.79 Å². The molecule has 1 heterocycles. The summed E-state index contributed by atoms with van der Waals surface area (Å²) in [6, 6.07) is 25.9. The van der Waals surface area contributed by atoms with Gasteiger partial charge in [0.2, 0.25) is 6.10 Å². The molecule has 36 heavy (non-hydrogen) atoms. The molecule has 0 aliphatic rings. The first-order chi connectivity index (χ1) is 17.5. The van der Waals surface area contributed by atoms with Crippen LogP contribution in [0.2, 0.25) is 0 Å². The maximum atomic E-state index is 13.1. The van der Waals surface area contributed by atoms with Gasteiger partial charge in [0.25, 0.3) is 5.91 Å². The molecule has 0 aliphatic carbocycles. The number of benzene rings is 3. The number of alkyl carbamates (subject to hydrolysis) is 1. The predicted molar refractivity (Wildman–Crippen MR) is 140 cm³/mol. The van der Waals surface area contributed by atoms with Gasteiger partial charge in [0.1, 0.15) is 18.2 Å². The van der Waals surface area contributed by atoms with Gasteiger partial charge in [-0.3, -0.25) is 10.2 Å². The second-order valence-corrected chi connectivity index (χ2v) is 8.96. The minimum atomic E-state index is -0.914. The highest BCUT2D eigenvalue weighted by molar-refractivity contribution is 7.20. The summed E-state index contributed by atoms with van der Waals surface area (Å²) in [6.45, 7) is 0.564. The van der Waals surface area contributed by atoms with Crippen molar-refractivity contribution in [2.75, 3.05) is 13.1 Å². The first-order valence-corrected chi connectivity index (χ1v) is 12.1. The number of carbonyl (C=O) groups is 2. The van der Waals surface area contributed by atoms with Gasteiger partial charge in [0, 0.05) is 28.7 Å². The first-order valence-electron chi connectivity index (χ1n) is 11.3. The molecule has 0 saturated heterocycles. The van der Waals surface area contributed by atoms with Crippen LogP contribution in [0.1, 0.15) is 22.1 Å². The lowest BCUT2D eigenvalue weighted by Crippen LogP contribution is -2.38. The van der Waals surface area contributed by atoms with E-state index in [1.165, 1.54) is 11.3 Å². The van der Waals surface area contributed by atoms with Crippen molar-refractivity contribution >= 4 is 39.3 Å². The van der Waals surface area contributed by atoms with Crippen LogP contribution in [0.3, 0.4) is 0 Å². The van der Waals surface area contributed by atoms with Crippen LogP contribution in [0.4, 0.5) is 4.79 Å². The third kappa shape index (κ3) is 6.39. The normalized spacial score (nSPS) is 11.4. The minimum absolute atomic E-state index is 0.0192. The van der Waals surface area contributed by atoms with Crippen molar-refractivity contribution in [3.05, 3.63) is 101 Å². The number of carbonyl (C=O) groups excluding carboxylic acids is 2. The van der Waals surface area contributed by atoms with Crippen LogP contribution >= 0.6 is 11.3 Å². The molecule has 0 saturated carbocycles. The maximum Gasteiger partial charge on any atom is 0.407 e. The van der Waals surface area contributed by atoms with Crippen molar-refractivity contribution in [1.82, 2.24) is 10.6 Å². The molecule has 4 rings (SSSR count). The second-order valence-electron chi connectivity index (χ2n) is 7.88. The largest absolute Gasteiger partial charge is 0.475 e. The number of amidine groups is 1. The molecular weight excluding hydrogens is 476 g/mol. The average Bonchev–Trinajstić information content (AvgIpc) is 3.35. The third-order valence-electron chi connectivity index (χ3n) is 5.28. The molecule has 5 N–H and O–H groups in total. The number of amides is 2. The highest BCUT2D eigenvalue weighted by Crippen LogP contribution is 2.35. The van der Waals surface area contributed by atoms with E-state index in [0.717, 1.165) is 15.6 Å². The Labute approximate surface area is 212 Å². The Kier molecular flexibility index (Phi) is 8.15. The Morgan fingerprint density at radius 2 is 1.61 bits per heavy atom. The van der Waals surface area contributed by atoms with Crippen LogP contribution in [0, 0.1) is 5.41 Å². The number of nitrogen functional groups attached to an aromatic ring is 1. The summed E-state index contributed by atoms with van der Waals surface area (Å²) in [5.74, 6) is 0.150. The molecule has 1 atom stereocenters. The van der Waals surface area contributed by atoms with Crippen LogP contribution in [0.25, 0.3) is 10.1 Å². The Bertz CT molecular complexity index is 1340. The molecule has 0 spiro atoms. The summed E-state index contributed by atoms with van der Waals surface area (Å²) in [6.07, 6.45) is -1.48. The SMILES string of the molecule is N=C(N)c1cc2c(OC(C(=O)NCCNC(=O)OCc3ccccc3)c3ccccc3)cccc2s1. The third-order valence-corrected chi connectivity index (χ3v) is 6.41. The molecule has 2 amide bonds. The number of fused-ring (bicyclic) bond motifs is 1. The van der Waals surface area contributed by atoms with Crippen molar-refractivity contribution in [1.29, 1.82) is 5.41 Å². The summed E-state index contributed by atoms with van der Waals surface area (Å²) in [4.78, 5) is 25.7. The van der Waals surface area contributed by atoms with E-state index in [1.54, 1.807) is 12.1 Å². The standard InChI is InChI=1S/C27H26N4O4S/c28-25(29)23-16-20-21(12-7-13-22(20)36-23)35-24(19-10-5-2-6-11-19)26(32)30-14-15-31-27(33)34-17-18-8-3-1-4-9-18/h1-13,16,24H,14-15,17H2,(H3,28,29)(H,30,32)(H,31,33). The van der Waals surface area contributed by atoms with Gasteiger partial charge in [0.05, 0.1) is 4.88 Å². The molecule has 184 valence electrons. The van der Waals surface area contributed by atoms with E-state index >= 15 is 0 Å². The fraction of sp³-hybridized carbons (Fsp3) is 0.148. The molecule has 1 unspecified atom stereocenters. The number of ether oxygens (including phenoxy) is 2. The van der Waals surface area contributed by atoms with Crippen LogP contribution in [-0.2, 0) is 16.1 Å². The van der Waals surface area contributed by atoms with E-state index in [1.807, 2.05) is 72.8 Å². The number of thiophene rings is 1. The molecule has 8 nitrogen and oxygen atoms in total. The van der Waals surface area contributed by atoms with Crippen LogP contribution in [0.5, 0.6) is 5.75 Å². The lowest BCUT2D eigenvalue weighted by atomic mass is 10.1. The quantitative estimate of drug-likeness (QED) is 0.146. The van der Waals surface area contributed by atoms with E-state index < -0.39 is 12.2 Å². The van der Waals surface area contributed by atoms with Gasteiger partial charge < -0.3 is 25.8 Å². The van der Waals surface area contributed by atoms with Crippen LogP contribution in [-0.4, -0.2) is 30.9 Å². The Morgan fingerprint density at radius 3 is 2.33 bits per heavy atom. The van der Waals surface area contributed by atoms with Gasteiger partial charge in [-0.2, -0.15) is 0 Å². The number of hydrogen-bond donors (Lipinski definition) is 4. The van der Waals surface area contributed by atoms with Gasteiger partial charge in [-0.1, -0.05) is 66.7 Å². The fourth-order valence-corrected chi connectivity index (χ4v) is 4.45. The zero-order valence-corrected chi connectivity index (χ0v) is 20.2. The average molecular weight is 503 g/mol. The molecule has 9 heteroatoms. The smallest absolute Gasteiger partial charge is 0.407 e. The Balaban J connectivity index is 1.37. The molecule has 0 bridgehead atoms. The highest BCUT2D eigenvalue weighted by Gasteiger charge is 2.23. The van der Waals surface area contributed by atoms with E-state index in [2.05, 4.69) is 10.6 Å². The number of hydrogen-bond acceptors (Lipinski definition) is 6. The lowest BCUT2D eigenvalue weighted by molar-refractivity contribution is -0.128. The fourth-order valence-electron chi connectivity index (χ4n) is 3.51. The Hall–Kier alpha value is -4.37. The van der Waals surface area contributed by atoms with Gasteiger partial charge in [0.15, 0.2) is 0 Å². The Morgan fingerprint density at radius 1 is 0.917 bits per heavy atom. The molecule has 0 aliphatic heterocycles. The summed E-state index contributed by atoms with van der Waals surface area (Å²) in [7, 11) is 0. The maximum absolute atomic E-state index is 13.1. The molecule has 0 fully saturated rings. The number of nitrogens with one attached hydrogen (secondary N) is 3. The first kappa shape index (κ1) is 24.7. The van der Waals surface area contributed by atoms with Gasteiger partial charge >= 0.3 is 6.09 Å². The molecule has 1 aromatic heterocycles. The van der Waals surface area contributed by atoms with E-state index in [4.69, 9.17) is 20.6 Å². The summed E-state index contributed by atoms with van der Waals surface area (Å²) in [5.41, 5.74) is 7.23. The highest BCUT2D eigenvalue weighted by atomic mass is 32.1. The van der Waals surface area contributed by atoms with Crippen LogP contribution in [0.15, 0.2) is 84.9 Å². The van der Waals surface area contributed by atoms with Crippen molar-refractivity contribution in [2.45, 2.75) is 12.7 Å². The number of nitrogens with two attached hydrogens (primary N) is 1. The van der Waals surface area contributed by atoms with Crippen LogP contribution < -0.4 is 21.1 Å². The topological polar surface area (TPSA) is 127 Å². The van der Waals surface area contributed by atoms with E-state index in [-0.39, 0.29) is 31.4 Å². The molecule has 0 radical (unpaired) electrons. The lowest BCUT2D eigenvalue weighted by Gasteiger charge is -2.20. The predicted octanol–water partition coefficient (Wildman–Crippen LogP) is 4.35. The van der Waals surface area contributed by atoms with Gasteiger partial charge in [-0.15, -0.1) is 11.3 Å². The zero-order chi connectivity index (χ0) is 25.3. The second kappa shape index (κ2) is 11.9. The van der Waals surface area contributed by atoms with Crippen molar-refractivity contribution < 1.29 is 19.1 Å². The van der Waals surface area contributed by atoms with E-state index in [0.29, 0.717) is 16.2 Å². The van der Waals surface area contributed by atoms with Crippen molar-refractivity contribution in [3.8, 4) is 5.75 Å². The monoisotopic (exact) mass is 502 g/mol. The van der Waals surface area contributed by atoms with Crippen molar-refractivity contribution in [2.24, 2.45) is 5.73 Å². The molecular formula is C27H26N4O4S. The van der Waals surface area contributed by atoms with E-state index in [9.17, 15) is 9.59 Å². The van der Waals surface area contributed by atoms with Crippen molar-refractivity contribution in [3.63, 3.8) is 0 Å². The number of rotatable bonds is 10.